The molecule has 0 unspecified atom stereocenters. The van der Waals surface area contributed by atoms with E-state index in [0.29, 0.717) is 5.92 Å². The molecular weight excluding hydrogens is 192 g/mol. The first-order valence-corrected chi connectivity index (χ1v) is 5.24. The van der Waals surface area contributed by atoms with Gasteiger partial charge < -0.3 is 4.74 Å². The minimum atomic E-state index is -0.469. The number of rotatable bonds is 1. The maximum atomic E-state index is 11.6. The Morgan fingerprint density at radius 2 is 2.20 bits per heavy atom. The summed E-state index contributed by atoms with van der Waals surface area (Å²) < 4.78 is 6.48. The van der Waals surface area contributed by atoms with Crippen molar-refractivity contribution in [2.75, 3.05) is 0 Å². The average Bonchev–Trinajstić information content (AvgIpc) is 2.81. The molecule has 4 heteroatoms. The minimum absolute atomic E-state index is 0.408. The summed E-state index contributed by atoms with van der Waals surface area (Å²) >= 11 is 0. The molecule has 1 aliphatic rings. The minimum Gasteiger partial charge on any atom is -0.442 e. The summed E-state index contributed by atoms with van der Waals surface area (Å²) in [6.45, 7) is 5.53. The Bertz CT molecular complexity index is 372. The van der Waals surface area contributed by atoms with Crippen molar-refractivity contribution >= 4 is 6.09 Å². The smallest absolute Gasteiger partial charge is 0.435 e. The molecule has 0 spiro atoms. The zero-order valence-electron chi connectivity index (χ0n) is 9.36. The first kappa shape index (κ1) is 10.2. The summed E-state index contributed by atoms with van der Waals surface area (Å²) in [5.41, 5.74) is 0.531. The van der Waals surface area contributed by atoms with Gasteiger partial charge in [-0.2, -0.15) is 9.78 Å². The van der Waals surface area contributed by atoms with Crippen molar-refractivity contribution in [2.45, 2.75) is 45.1 Å². The summed E-state index contributed by atoms with van der Waals surface area (Å²) in [6, 6.07) is 1.89. The van der Waals surface area contributed by atoms with E-state index in [0.717, 1.165) is 5.69 Å². The van der Waals surface area contributed by atoms with Gasteiger partial charge in [-0.3, -0.25) is 0 Å². The zero-order chi connectivity index (χ0) is 11.1. The molecule has 1 aliphatic carbocycles. The molecular formula is C11H16N2O2. The van der Waals surface area contributed by atoms with E-state index in [-0.39, 0.29) is 0 Å². The lowest BCUT2D eigenvalue weighted by Gasteiger charge is -2.18. The summed E-state index contributed by atoms with van der Waals surface area (Å²) in [5, 5.41) is 4.20. The maximum Gasteiger partial charge on any atom is 0.435 e. The summed E-state index contributed by atoms with van der Waals surface area (Å²) in [4.78, 5) is 11.6. The summed E-state index contributed by atoms with van der Waals surface area (Å²) in [5.74, 6) is 0.564. The molecule has 0 radical (unpaired) electrons. The third-order valence-electron chi connectivity index (χ3n) is 2.19. The molecule has 0 saturated heterocycles. The first-order chi connectivity index (χ1) is 6.96. The molecule has 0 bridgehead atoms. The van der Waals surface area contributed by atoms with Crippen LogP contribution in [0.15, 0.2) is 12.3 Å². The third-order valence-corrected chi connectivity index (χ3v) is 2.19. The fourth-order valence-corrected chi connectivity index (χ4v) is 1.35. The Balaban J connectivity index is 2.05. The highest BCUT2D eigenvalue weighted by atomic mass is 16.6. The molecule has 0 atom stereocenters. The number of ether oxygens (including phenoxy) is 1. The van der Waals surface area contributed by atoms with E-state index in [1.165, 1.54) is 17.5 Å². The third kappa shape index (κ3) is 2.58. The number of nitrogens with zero attached hydrogens (tertiary/aromatic N) is 2. The van der Waals surface area contributed by atoms with E-state index in [1.807, 2.05) is 26.8 Å². The SMILES string of the molecule is CC(C)(C)OC(=O)n1ccc(C2CC2)n1. The number of hydrogen-bond donors (Lipinski definition) is 0. The van der Waals surface area contributed by atoms with Crippen molar-refractivity contribution in [3.63, 3.8) is 0 Å². The van der Waals surface area contributed by atoms with E-state index >= 15 is 0 Å². The Hall–Kier alpha value is -1.32. The van der Waals surface area contributed by atoms with Gasteiger partial charge in [0.15, 0.2) is 0 Å². The fourth-order valence-electron chi connectivity index (χ4n) is 1.35. The van der Waals surface area contributed by atoms with E-state index in [4.69, 9.17) is 4.74 Å². The van der Waals surface area contributed by atoms with Crippen LogP contribution in [0.4, 0.5) is 4.79 Å². The predicted octanol–water partition coefficient (Wildman–Crippen LogP) is 2.54. The Morgan fingerprint density at radius 1 is 1.53 bits per heavy atom. The van der Waals surface area contributed by atoms with Crippen LogP contribution in [0.2, 0.25) is 0 Å². The van der Waals surface area contributed by atoms with Crippen molar-refractivity contribution in [3.05, 3.63) is 18.0 Å². The lowest BCUT2D eigenvalue weighted by atomic mass is 10.2. The Labute approximate surface area is 89.2 Å². The average molecular weight is 208 g/mol. The summed E-state index contributed by atoms with van der Waals surface area (Å²) in [6.07, 6.45) is 3.63. The van der Waals surface area contributed by atoms with Crippen LogP contribution < -0.4 is 0 Å². The largest absolute Gasteiger partial charge is 0.442 e. The molecule has 1 saturated carbocycles. The van der Waals surface area contributed by atoms with Crippen LogP contribution in [0, 0.1) is 0 Å². The Kier molecular flexibility index (Phi) is 2.29. The molecule has 1 aromatic heterocycles. The molecule has 0 aliphatic heterocycles. The highest BCUT2D eigenvalue weighted by molar-refractivity contribution is 5.69. The van der Waals surface area contributed by atoms with Gasteiger partial charge in [0.05, 0.1) is 5.69 Å². The van der Waals surface area contributed by atoms with Crippen molar-refractivity contribution in [3.8, 4) is 0 Å². The van der Waals surface area contributed by atoms with Gasteiger partial charge in [-0.1, -0.05) is 0 Å². The van der Waals surface area contributed by atoms with Crippen molar-refractivity contribution in [1.82, 2.24) is 9.78 Å². The van der Waals surface area contributed by atoms with Crippen molar-refractivity contribution in [1.29, 1.82) is 0 Å². The molecule has 15 heavy (non-hydrogen) atoms. The highest BCUT2D eigenvalue weighted by Gasteiger charge is 2.27. The normalized spacial score (nSPS) is 16.5. The van der Waals surface area contributed by atoms with Crippen LogP contribution in [-0.4, -0.2) is 21.5 Å². The lowest BCUT2D eigenvalue weighted by Crippen LogP contribution is -2.27. The van der Waals surface area contributed by atoms with Gasteiger partial charge in [-0.25, -0.2) is 4.79 Å². The number of aromatic nitrogens is 2. The van der Waals surface area contributed by atoms with Crippen LogP contribution in [0.1, 0.15) is 45.2 Å². The fraction of sp³-hybridized carbons (Fsp3) is 0.636. The zero-order valence-corrected chi connectivity index (χ0v) is 9.36. The molecule has 2 rings (SSSR count). The van der Waals surface area contributed by atoms with Crippen molar-refractivity contribution in [2.24, 2.45) is 0 Å². The van der Waals surface area contributed by atoms with Crippen LogP contribution in [0.25, 0.3) is 0 Å². The number of carbonyl (C=O) groups is 1. The van der Waals surface area contributed by atoms with Crippen LogP contribution in [0.3, 0.4) is 0 Å². The summed E-state index contributed by atoms with van der Waals surface area (Å²) in [7, 11) is 0. The van der Waals surface area contributed by atoms with Gasteiger partial charge in [0, 0.05) is 12.1 Å². The monoisotopic (exact) mass is 208 g/mol. The molecule has 82 valence electrons. The topological polar surface area (TPSA) is 44.1 Å². The molecule has 1 fully saturated rings. The molecule has 0 aromatic carbocycles. The molecule has 0 N–H and O–H groups in total. The number of hydrogen-bond acceptors (Lipinski definition) is 3. The predicted molar refractivity (Wildman–Crippen MR) is 55.8 cm³/mol. The molecule has 4 nitrogen and oxygen atoms in total. The standard InChI is InChI=1S/C11H16N2O2/c1-11(2,3)15-10(14)13-7-6-9(12-13)8-4-5-8/h6-8H,4-5H2,1-3H3. The van der Waals surface area contributed by atoms with Crippen LogP contribution in [-0.2, 0) is 4.74 Å². The van der Waals surface area contributed by atoms with Crippen molar-refractivity contribution < 1.29 is 9.53 Å². The van der Waals surface area contributed by atoms with Gasteiger partial charge in [-0.15, -0.1) is 0 Å². The van der Waals surface area contributed by atoms with Gasteiger partial charge in [0.2, 0.25) is 0 Å². The van der Waals surface area contributed by atoms with E-state index < -0.39 is 11.7 Å². The maximum absolute atomic E-state index is 11.6. The first-order valence-electron chi connectivity index (χ1n) is 5.24. The highest BCUT2D eigenvalue weighted by Crippen LogP contribution is 2.38. The molecule has 0 amide bonds. The van der Waals surface area contributed by atoms with Crippen LogP contribution in [0.5, 0.6) is 0 Å². The quantitative estimate of drug-likeness (QED) is 0.712. The van der Waals surface area contributed by atoms with E-state index in [2.05, 4.69) is 5.10 Å². The second-order valence-electron chi connectivity index (χ2n) is 4.94. The van der Waals surface area contributed by atoms with Gasteiger partial charge >= 0.3 is 6.09 Å². The Morgan fingerprint density at radius 3 is 2.73 bits per heavy atom. The molecule has 1 heterocycles. The van der Waals surface area contributed by atoms with Crippen LogP contribution >= 0.6 is 0 Å². The number of carbonyl (C=O) groups excluding carboxylic acids is 1. The second kappa shape index (κ2) is 3.36. The van der Waals surface area contributed by atoms with Gasteiger partial charge in [0.25, 0.3) is 0 Å². The van der Waals surface area contributed by atoms with E-state index in [1.54, 1.807) is 6.20 Å². The van der Waals surface area contributed by atoms with Gasteiger partial charge in [-0.05, 0) is 39.7 Å². The molecule has 1 aromatic rings. The second-order valence-corrected chi connectivity index (χ2v) is 4.94. The van der Waals surface area contributed by atoms with Gasteiger partial charge in [0.1, 0.15) is 5.60 Å². The van der Waals surface area contributed by atoms with E-state index in [9.17, 15) is 4.79 Å². The lowest BCUT2D eigenvalue weighted by molar-refractivity contribution is 0.0514.